The number of anilines is 1. The van der Waals surface area contributed by atoms with Crippen LogP contribution in [0.1, 0.15) is 26.3 Å². The maximum atomic E-state index is 13.0. The van der Waals surface area contributed by atoms with Crippen molar-refractivity contribution >= 4 is 33.7 Å². The number of nitrogen functional groups attached to an aromatic ring is 1. The number of esters is 1. The van der Waals surface area contributed by atoms with Crippen molar-refractivity contribution in [2.75, 3.05) is 12.3 Å². The van der Waals surface area contributed by atoms with Gasteiger partial charge in [-0.1, -0.05) is 13.8 Å². The highest BCUT2D eigenvalue weighted by Gasteiger charge is 2.04. The van der Waals surface area contributed by atoms with Crippen molar-refractivity contribution in [2.45, 2.75) is 20.8 Å². The van der Waals surface area contributed by atoms with Gasteiger partial charge in [0.2, 0.25) is 0 Å². The van der Waals surface area contributed by atoms with Crippen LogP contribution in [0.3, 0.4) is 0 Å². The Morgan fingerprint density at radius 2 is 2.11 bits per heavy atom. The lowest BCUT2D eigenvalue weighted by atomic mass is 10.1. The number of hydrogen-bond acceptors (Lipinski definition) is 3. The molecule has 0 fully saturated rings. The van der Waals surface area contributed by atoms with Gasteiger partial charge in [0.05, 0.1) is 11.1 Å². The van der Waals surface area contributed by atoms with Crippen LogP contribution in [0.15, 0.2) is 22.7 Å². The first kappa shape index (κ1) is 16.6. The van der Waals surface area contributed by atoms with Crippen LogP contribution < -0.4 is 5.73 Å². The summed E-state index contributed by atoms with van der Waals surface area (Å²) in [6.45, 7) is 6.03. The second-order valence-corrected chi connectivity index (χ2v) is 3.83. The first-order valence-electron chi connectivity index (χ1n) is 5.64. The molecule has 3 nitrogen and oxygen atoms in total. The highest BCUT2D eigenvalue weighted by atomic mass is 79.9. The molecule has 1 aromatic rings. The summed E-state index contributed by atoms with van der Waals surface area (Å²) in [4.78, 5) is 11.0. The summed E-state index contributed by atoms with van der Waals surface area (Å²) in [5.74, 6) is -0.895. The quantitative estimate of drug-likeness (QED) is 0.524. The Morgan fingerprint density at radius 3 is 2.67 bits per heavy atom. The minimum atomic E-state index is -0.456. The molecule has 0 saturated heterocycles. The van der Waals surface area contributed by atoms with Gasteiger partial charge in [0.15, 0.2) is 0 Å². The lowest BCUT2D eigenvalue weighted by Gasteiger charge is -2.02. The van der Waals surface area contributed by atoms with E-state index in [1.165, 1.54) is 24.3 Å². The minimum Gasteiger partial charge on any atom is -0.463 e. The van der Waals surface area contributed by atoms with Crippen molar-refractivity contribution < 1.29 is 13.9 Å². The van der Waals surface area contributed by atoms with Crippen molar-refractivity contribution in [1.29, 1.82) is 0 Å². The van der Waals surface area contributed by atoms with Gasteiger partial charge in [0, 0.05) is 11.8 Å². The molecule has 0 aromatic heterocycles. The van der Waals surface area contributed by atoms with Crippen LogP contribution in [0, 0.1) is 5.82 Å². The number of halogens is 2. The Morgan fingerprint density at radius 1 is 1.50 bits per heavy atom. The Kier molecular flexibility index (Phi) is 8.03. The molecule has 1 rings (SSSR count). The van der Waals surface area contributed by atoms with Crippen LogP contribution in [-0.4, -0.2) is 12.6 Å². The lowest BCUT2D eigenvalue weighted by Crippen LogP contribution is -1.99. The lowest BCUT2D eigenvalue weighted by molar-refractivity contribution is -0.137. The molecule has 0 amide bonds. The molecule has 0 aliphatic carbocycles. The summed E-state index contributed by atoms with van der Waals surface area (Å²) >= 11 is 3.04. The number of carbonyl (C=O) groups excluding carboxylic acids is 1. The summed E-state index contributed by atoms with van der Waals surface area (Å²) in [6, 6.07) is 2.69. The highest BCUT2D eigenvalue weighted by molar-refractivity contribution is 9.10. The topological polar surface area (TPSA) is 52.3 Å². The molecule has 100 valence electrons. The van der Waals surface area contributed by atoms with E-state index in [0.29, 0.717) is 16.6 Å². The maximum absolute atomic E-state index is 13.0. The van der Waals surface area contributed by atoms with Crippen LogP contribution in [0.4, 0.5) is 10.1 Å². The zero-order chi connectivity index (χ0) is 14.1. The van der Waals surface area contributed by atoms with Gasteiger partial charge < -0.3 is 10.5 Å². The average Bonchev–Trinajstić information content (AvgIpc) is 2.35. The number of nitrogens with two attached hydrogens (primary N) is 1. The molecule has 2 N–H and O–H groups in total. The third kappa shape index (κ3) is 5.31. The van der Waals surface area contributed by atoms with Crippen LogP contribution in [0.5, 0.6) is 0 Å². The van der Waals surface area contributed by atoms with Gasteiger partial charge in [-0.15, -0.1) is 0 Å². The standard InChI is InChI=1S/C11H11BrFNO2.C2H6/c1-2-16-11(15)4-3-7-5-8(12)9(13)6-10(7)14;1-2/h3-6H,2,14H2,1H3;1-2H3/b4-3+;. The zero-order valence-corrected chi connectivity index (χ0v) is 12.3. The van der Waals surface area contributed by atoms with Crippen LogP contribution >= 0.6 is 15.9 Å². The molecule has 1 aromatic carbocycles. The van der Waals surface area contributed by atoms with E-state index in [4.69, 9.17) is 10.5 Å². The highest BCUT2D eigenvalue weighted by Crippen LogP contribution is 2.23. The van der Waals surface area contributed by atoms with Crippen molar-refractivity contribution in [3.63, 3.8) is 0 Å². The number of rotatable bonds is 3. The van der Waals surface area contributed by atoms with Gasteiger partial charge in [0.25, 0.3) is 0 Å². The third-order valence-electron chi connectivity index (χ3n) is 1.81. The summed E-state index contributed by atoms with van der Waals surface area (Å²) in [7, 11) is 0. The van der Waals surface area contributed by atoms with Gasteiger partial charge in [-0.05, 0) is 46.6 Å². The van der Waals surface area contributed by atoms with E-state index in [0.717, 1.165) is 0 Å². The predicted octanol–water partition coefficient (Wildman–Crippen LogP) is 3.77. The minimum absolute atomic E-state index is 0.265. The Bertz CT molecular complexity index is 433. The van der Waals surface area contributed by atoms with Gasteiger partial charge in [-0.2, -0.15) is 0 Å². The van der Waals surface area contributed by atoms with E-state index in [1.54, 1.807) is 6.92 Å². The number of benzene rings is 1. The Hall–Kier alpha value is -1.36. The van der Waals surface area contributed by atoms with Crippen molar-refractivity contribution in [2.24, 2.45) is 0 Å². The van der Waals surface area contributed by atoms with E-state index < -0.39 is 11.8 Å². The third-order valence-corrected chi connectivity index (χ3v) is 2.42. The monoisotopic (exact) mass is 317 g/mol. The molecular weight excluding hydrogens is 301 g/mol. The summed E-state index contributed by atoms with van der Waals surface area (Å²) in [5, 5.41) is 0. The second kappa shape index (κ2) is 8.69. The molecule has 18 heavy (non-hydrogen) atoms. The normalized spacial score (nSPS) is 9.83. The van der Waals surface area contributed by atoms with E-state index in [2.05, 4.69) is 15.9 Å². The number of ether oxygens (including phenoxy) is 1. The smallest absolute Gasteiger partial charge is 0.330 e. The van der Waals surface area contributed by atoms with Crippen molar-refractivity contribution in [3.8, 4) is 0 Å². The summed E-state index contributed by atoms with van der Waals surface area (Å²) in [5.41, 5.74) is 6.41. The first-order chi connectivity index (χ1) is 8.54. The number of carbonyl (C=O) groups is 1. The van der Waals surface area contributed by atoms with E-state index in [1.807, 2.05) is 13.8 Å². The molecule has 0 radical (unpaired) electrons. The molecule has 0 saturated carbocycles. The molecule has 0 aliphatic rings. The van der Waals surface area contributed by atoms with E-state index in [-0.39, 0.29) is 5.69 Å². The van der Waals surface area contributed by atoms with Crippen LogP contribution in [0.2, 0.25) is 0 Å². The molecular formula is C13H17BrFNO2. The van der Waals surface area contributed by atoms with Gasteiger partial charge in [-0.3, -0.25) is 0 Å². The molecule has 0 heterocycles. The largest absolute Gasteiger partial charge is 0.463 e. The zero-order valence-electron chi connectivity index (χ0n) is 10.7. The molecule has 0 unspecified atom stereocenters. The van der Waals surface area contributed by atoms with Crippen LogP contribution in [0.25, 0.3) is 6.08 Å². The molecule has 0 atom stereocenters. The average molecular weight is 318 g/mol. The molecule has 0 spiro atoms. The molecule has 0 aliphatic heterocycles. The molecule has 5 heteroatoms. The number of hydrogen-bond donors (Lipinski definition) is 1. The van der Waals surface area contributed by atoms with E-state index in [9.17, 15) is 9.18 Å². The fourth-order valence-corrected chi connectivity index (χ4v) is 1.43. The van der Waals surface area contributed by atoms with Crippen LogP contribution in [-0.2, 0) is 9.53 Å². The maximum Gasteiger partial charge on any atom is 0.330 e. The second-order valence-electron chi connectivity index (χ2n) is 2.98. The summed E-state index contributed by atoms with van der Waals surface area (Å²) < 4.78 is 18.0. The first-order valence-corrected chi connectivity index (χ1v) is 6.43. The SMILES string of the molecule is CC.CCOC(=O)/C=C/c1cc(Br)c(F)cc1N. The van der Waals surface area contributed by atoms with Crippen molar-refractivity contribution in [1.82, 2.24) is 0 Å². The summed E-state index contributed by atoms with van der Waals surface area (Å²) in [6.07, 6.45) is 2.73. The Labute approximate surface area is 115 Å². The Balaban J connectivity index is 0.00000137. The van der Waals surface area contributed by atoms with E-state index >= 15 is 0 Å². The van der Waals surface area contributed by atoms with Crippen molar-refractivity contribution in [3.05, 3.63) is 34.1 Å². The fourth-order valence-electron chi connectivity index (χ4n) is 1.07. The fraction of sp³-hybridized carbons (Fsp3) is 0.308. The van der Waals surface area contributed by atoms with Gasteiger partial charge >= 0.3 is 5.97 Å². The molecule has 0 bridgehead atoms. The van der Waals surface area contributed by atoms with Gasteiger partial charge in [-0.25, -0.2) is 9.18 Å². The van der Waals surface area contributed by atoms with Gasteiger partial charge in [0.1, 0.15) is 5.82 Å². The predicted molar refractivity (Wildman–Crippen MR) is 75.5 cm³/mol.